The maximum Gasteiger partial charge on any atom is 0.227 e. The van der Waals surface area contributed by atoms with Crippen LogP contribution in [0.1, 0.15) is 31.2 Å². The van der Waals surface area contributed by atoms with Gasteiger partial charge >= 0.3 is 0 Å². The SMILES string of the molecule is Cc1cc(Br)cc(NC(=O)C2CCCC2)c1N. The maximum atomic E-state index is 12.0. The first kappa shape index (κ1) is 12.4. The van der Waals surface area contributed by atoms with Gasteiger partial charge < -0.3 is 11.1 Å². The lowest BCUT2D eigenvalue weighted by atomic mass is 10.1. The molecule has 17 heavy (non-hydrogen) atoms. The fraction of sp³-hybridized carbons (Fsp3) is 0.462. The van der Waals surface area contributed by atoms with E-state index in [1.807, 2.05) is 19.1 Å². The smallest absolute Gasteiger partial charge is 0.227 e. The van der Waals surface area contributed by atoms with Gasteiger partial charge in [0.15, 0.2) is 0 Å². The van der Waals surface area contributed by atoms with Crippen molar-refractivity contribution in [2.45, 2.75) is 32.6 Å². The van der Waals surface area contributed by atoms with Crippen molar-refractivity contribution in [3.8, 4) is 0 Å². The Morgan fingerprint density at radius 2 is 2.06 bits per heavy atom. The molecule has 1 aromatic rings. The van der Waals surface area contributed by atoms with Crippen molar-refractivity contribution >= 4 is 33.2 Å². The van der Waals surface area contributed by atoms with E-state index in [9.17, 15) is 4.79 Å². The first-order valence-corrected chi connectivity index (χ1v) is 6.73. The van der Waals surface area contributed by atoms with Gasteiger partial charge in [0.25, 0.3) is 0 Å². The molecule has 0 radical (unpaired) electrons. The second kappa shape index (κ2) is 5.08. The van der Waals surface area contributed by atoms with Gasteiger partial charge in [-0.05, 0) is 37.5 Å². The Morgan fingerprint density at radius 1 is 1.41 bits per heavy atom. The molecular weight excluding hydrogens is 280 g/mol. The molecule has 4 heteroatoms. The van der Waals surface area contributed by atoms with E-state index < -0.39 is 0 Å². The van der Waals surface area contributed by atoms with Gasteiger partial charge in [0, 0.05) is 10.4 Å². The zero-order valence-electron chi connectivity index (χ0n) is 9.92. The quantitative estimate of drug-likeness (QED) is 0.821. The van der Waals surface area contributed by atoms with Gasteiger partial charge in [-0.25, -0.2) is 0 Å². The lowest BCUT2D eigenvalue weighted by Crippen LogP contribution is -2.21. The zero-order valence-corrected chi connectivity index (χ0v) is 11.5. The van der Waals surface area contributed by atoms with Crippen molar-refractivity contribution in [2.75, 3.05) is 11.1 Å². The minimum Gasteiger partial charge on any atom is -0.397 e. The number of nitrogens with two attached hydrogens (primary N) is 1. The predicted octanol–water partition coefficient (Wildman–Crippen LogP) is 3.47. The van der Waals surface area contributed by atoms with Crippen molar-refractivity contribution in [1.82, 2.24) is 0 Å². The lowest BCUT2D eigenvalue weighted by Gasteiger charge is -2.14. The van der Waals surface area contributed by atoms with Gasteiger partial charge in [-0.3, -0.25) is 4.79 Å². The van der Waals surface area contributed by atoms with Crippen molar-refractivity contribution in [3.05, 3.63) is 22.2 Å². The Hall–Kier alpha value is -1.03. The first-order chi connectivity index (χ1) is 8.08. The van der Waals surface area contributed by atoms with Crippen LogP contribution in [0.25, 0.3) is 0 Å². The number of amides is 1. The van der Waals surface area contributed by atoms with Gasteiger partial charge in [0.1, 0.15) is 0 Å². The lowest BCUT2D eigenvalue weighted by molar-refractivity contribution is -0.119. The van der Waals surface area contributed by atoms with E-state index in [0.717, 1.165) is 35.7 Å². The maximum absolute atomic E-state index is 12.0. The third-order valence-corrected chi connectivity index (χ3v) is 3.79. The molecule has 3 N–H and O–H groups in total. The Balaban J connectivity index is 2.15. The molecule has 1 saturated carbocycles. The van der Waals surface area contributed by atoms with Crippen molar-refractivity contribution in [1.29, 1.82) is 0 Å². The number of carbonyl (C=O) groups excluding carboxylic acids is 1. The van der Waals surface area contributed by atoms with Gasteiger partial charge in [-0.15, -0.1) is 0 Å². The van der Waals surface area contributed by atoms with E-state index in [-0.39, 0.29) is 11.8 Å². The average Bonchev–Trinajstić information content (AvgIpc) is 2.78. The standard InChI is InChI=1S/C13H17BrN2O/c1-8-6-10(14)7-11(12(8)15)16-13(17)9-4-2-3-5-9/h6-7,9H,2-5,15H2,1H3,(H,16,17). The van der Waals surface area contributed by atoms with Gasteiger partial charge in [0.2, 0.25) is 5.91 Å². The molecule has 0 aliphatic heterocycles. The number of halogens is 1. The van der Waals surface area contributed by atoms with Crippen molar-refractivity contribution in [2.24, 2.45) is 5.92 Å². The van der Waals surface area contributed by atoms with E-state index in [4.69, 9.17) is 5.73 Å². The molecule has 92 valence electrons. The van der Waals surface area contributed by atoms with E-state index in [0.29, 0.717) is 11.4 Å². The summed E-state index contributed by atoms with van der Waals surface area (Å²) in [5, 5.41) is 2.94. The summed E-state index contributed by atoms with van der Waals surface area (Å²) in [7, 11) is 0. The van der Waals surface area contributed by atoms with Crippen LogP contribution in [0.4, 0.5) is 11.4 Å². The molecule has 0 saturated heterocycles. The number of anilines is 2. The zero-order chi connectivity index (χ0) is 12.4. The third-order valence-electron chi connectivity index (χ3n) is 3.34. The fourth-order valence-corrected chi connectivity index (χ4v) is 2.85. The molecule has 0 bridgehead atoms. The van der Waals surface area contributed by atoms with Crippen LogP contribution in [-0.2, 0) is 4.79 Å². The minimum absolute atomic E-state index is 0.103. The highest BCUT2D eigenvalue weighted by atomic mass is 79.9. The Kier molecular flexibility index (Phi) is 3.72. The number of benzene rings is 1. The Bertz CT molecular complexity index is 439. The molecule has 0 spiro atoms. The number of carbonyl (C=O) groups is 1. The van der Waals surface area contributed by atoms with E-state index in [1.54, 1.807) is 0 Å². The van der Waals surface area contributed by atoms with Crippen molar-refractivity contribution in [3.63, 3.8) is 0 Å². The van der Waals surface area contributed by atoms with E-state index in [1.165, 1.54) is 0 Å². The molecule has 2 rings (SSSR count). The van der Waals surface area contributed by atoms with Crippen molar-refractivity contribution < 1.29 is 4.79 Å². The molecule has 1 aliphatic carbocycles. The number of hydrogen-bond donors (Lipinski definition) is 2. The first-order valence-electron chi connectivity index (χ1n) is 5.94. The highest BCUT2D eigenvalue weighted by Gasteiger charge is 2.23. The number of nitrogens with one attached hydrogen (secondary N) is 1. The summed E-state index contributed by atoms with van der Waals surface area (Å²) in [6.45, 7) is 1.94. The normalized spacial score (nSPS) is 16.1. The second-order valence-electron chi connectivity index (χ2n) is 4.65. The molecule has 0 heterocycles. The minimum atomic E-state index is 0.103. The Labute approximate surface area is 110 Å². The van der Waals surface area contributed by atoms with Crippen LogP contribution in [0.3, 0.4) is 0 Å². The van der Waals surface area contributed by atoms with Crippen LogP contribution in [0, 0.1) is 12.8 Å². The van der Waals surface area contributed by atoms with Crippen LogP contribution in [0.15, 0.2) is 16.6 Å². The molecule has 1 aliphatic rings. The molecule has 1 fully saturated rings. The summed E-state index contributed by atoms with van der Waals surface area (Å²) in [5.74, 6) is 0.264. The molecule has 1 amide bonds. The van der Waals surface area contributed by atoms with E-state index >= 15 is 0 Å². The fourth-order valence-electron chi connectivity index (χ4n) is 2.28. The number of hydrogen-bond acceptors (Lipinski definition) is 2. The third kappa shape index (κ3) is 2.80. The number of rotatable bonds is 2. The van der Waals surface area contributed by atoms with Gasteiger partial charge in [0.05, 0.1) is 11.4 Å². The van der Waals surface area contributed by atoms with Crippen LogP contribution >= 0.6 is 15.9 Å². The van der Waals surface area contributed by atoms with Crippen LogP contribution < -0.4 is 11.1 Å². The number of nitrogen functional groups attached to an aromatic ring is 1. The van der Waals surface area contributed by atoms with Crippen LogP contribution in [0.2, 0.25) is 0 Å². The summed E-state index contributed by atoms with van der Waals surface area (Å²) in [4.78, 5) is 12.0. The van der Waals surface area contributed by atoms with Crippen LogP contribution in [-0.4, -0.2) is 5.91 Å². The Morgan fingerprint density at radius 3 is 2.71 bits per heavy atom. The van der Waals surface area contributed by atoms with Crippen LogP contribution in [0.5, 0.6) is 0 Å². The monoisotopic (exact) mass is 296 g/mol. The van der Waals surface area contributed by atoms with E-state index in [2.05, 4.69) is 21.2 Å². The molecule has 1 aromatic carbocycles. The summed E-state index contributed by atoms with van der Waals surface area (Å²) >= 11 is 3.41. The molecule has 3 nitrogen and oxygen atoms in total. The number of aryl methyl sites for hydroxylation is 1. The van der Waals surface area contributed by atoms with Gasteiger partial charge in [-0.1, -0.05) is 28.8 Å². The largest absolute Gasteiger partial charge is 0.397 e. The highest BCUT2D eigenvalue weighted by molar-refractivity contribution is 9.10. The van der Waals surface area contributed by atoms with Gasteiger partial charge in [-0.2, -0.15) is 0 Å². The average molecular weight is 297 g/mol. The predicted molar refractivity (Wildman–Crippen MR) is 73.9 cm³/mol. The molecule has 0 atom stereocenters. The summed E-state index contributed by atoms with van der Waals surface area (Å²) in [5.41, 5.74) is 8.30. The summed E-state index contributed by atoms with van der Waals surface area (Å²) in [6, 6.07) is 3.80. The summed E-state index contributed by atoms with van der Waals surface area (Å²) in [6.07, 6.45) is 4.31. The molecular formula is C13H17BrN2O. The molecule has 0 unspecified atom stereocenters. The summed E-state index contributed by atoms with van der Waals surface area (Å²) < 4.78 is 0.936. The second-order valence-corrected chi connectivity index (χ2v) is 5.57. The topological polar surface area (TPSA) is 55.1 Å². The molecule has 0 aromatic heterocycles. The highest BCUT2D eigenvalue weighted by Crippen LogP contribution is 2.30.